The van der Waals surface area contributed by atoms with Gasteiger partial charge in [-0.15, -0.1) is 6.42 Å². The van der Waals surface area contributed by atoms with Crippen molar-refractivity contribution in [2.75, 3.05) is 13.1 Å². The number of aromatic nitrogens is 2. The lowest BCUT2D eigenvalue weighted by Gasteiger charge is -2.19. The van der Waals surface area contributed by atoms with Crippen LogP contribution in [0.5, 0.6) is 0 Å². The van der Waals surface area contributed by atoms with Crippen LogP contribution in [0.15, 0.2) is 6.07 Å². The van der Waals surface area contributed by atoms with Gasteiger partial charge in [0.25, 0.3) is 5.91 Å². The molecule has 0 atom stereocenters. The molecule has 1 heterocycles. The summed E-state index contributed by atoms with van der Waals surface area (Å²) in [7, 11) is 1.78. The Labute approximate surface area is 102 Å². The van der Waals surface area contributed by atoms with E-state index in [0.717, 1.165) is 12.2 Å². The minimum atomic E-state index is -0.0158. The van der Waals surface area contributed by atoms with Gasteiger partial charge in [0, 0.05) is 13.6 Å². The summed E-state index contributed by atoms with van der Waals surface area (Å²) < 4.78 is 1.62. The summed E-state index contributed by atoms with van der Waals surface area (Å²) in [6, 6.07) is 1.80. The number of carbonyl (C=O) groups excluding carboxylic acids is 1. The number of amides is 1. The molecule has 2 rings (SSSR count). The Morgan fingerprint density at radius 2 is 2.41 bits per heavy atom. The molecule has 0 aromatic carbocycles. The van der Waals surface area contributed by atoms with Crippen molar-refractivity contribution in [1.29, 1.82) is 0 Å². The van der Waals surface area contributed by atoms with E-state index in [1.54, 1.807) is 22.7 Å². The van der Waals surface area contributed by atoms with Gasteiger partial charge in [-0.2, -0.15) is 5.10 Å². The highest BCUT2D eigenvalue weighted by Gasteiger charge is 2.28. The van der Waals surface area contributed by atoms with Crippen LogP contribution in [0.2, 0.25) is 0 Å². The van der Waals surface area contributed by atoms with E-state index in [2.05, 4.69) is 11.0 Å². The predicted molar refractivity (Wildman–Crippen MR) is 65.4 cm³/mol. The van der Waals surface area contributed by atoms with Gasteiger partial charge in [0.15, 0.2) is 0 Å². The third-order valence-electron chi connectivity index (χ3n) is 2.97. The van der Waals surface area contributed by atoms with Crippen LogP contribution in [0.25, 0.3) is 0 Å². The van der Waals surface area contributed by atoms with Gasteiger partial charge in [0.2, 0.25) is 0 Å². The van der Waals surface area contributed by atoms with Crippen LogP contribution in [-0.2, 0) is 7.05 Å². The second kappa shape index (κ2) is 4.62. The van der Waals surface area contributed by atoms with Crippen LogP contribution < -0.4 is 0 Å². The van der Waals surface area contributed by atoms with Crippen molar-refractivity contribution in [1.82, 2.24) is 14.7 Å². The number of terminal acetylenes is 1. The molecule has 1 amide bonds. The number of nitrogens with zero attached hydrogens (tertiary/aromatic N) is 3. The van der Waals surface area contributed by atoms with E-state index < -0.39 is 0 Å². The van der Waals surface area contributed by atoms with Crippen LogP contribution in [0.3, 0.4) is 0 Å². The number of hydrogen-bond acceptors (Lipinski definition) is 2. The lowest BCUT2D eigenvalue weighted by molar-refractivity contribution is 0.0759. The first kappa shape index (κ1) is 11.7. The first-order chi connectivity index (χ1) is 8.11. The van der Waals surface area contributed by atoms with E-state index in [-0.39, 0.29) is 5.91 Å². The maximum Gasteiger partial charge on any atom is 0.272 e. The zero-order valence-electron chi connectivity index (χ0n) is 10.3. The third kappa shape index (κ3) is 2.68. The lowest BCUT2D eigenvalue weighted by atomic mass is 10.3. The van der Waals surface area contributed by atoms with Crippen molar-refractivity contribution in [3.05, 3.63) is 17.5 Å². The normalized spacial score (nSPS) is 14.4. The quantitative estimate of drug-likeness (QED) is 0.731. The SMILES string of the molecule is C#CCN(CC1CC1)C(=O)c1cc(C)nn1C. The van der Waals surface area contributed by atoms with Gasteiger partial charge in [-0.25, -0.2) is 0 Å². The Morgan fingerprint density at radius 3 is 2.88 bits per heavy atom. The van der Waals surface area contributed by atoms with E-state index in [0.29, 0.717) is 18.2 Å². The second-order valence-corrected chi connectivity index (χ2v) is 4.63. The molecule has 0 bridgehead atoms. The van der Waals surface area contributed by atoms with Gasteiger partial charge in [-0.05, 0) is 31.7 Å². The van der Waals surface area contributed by atoms with Crippen molar-refractivity contribution < 1.29 is 4.79 Å². The molecule has 0 unspecified atom stereocenters. The highest BCUT2D eigenvalue weighted by molar-refractivity contribution is 5.92. The van der Waals surface area contributed by atoms with Gasteiger partial charge in [-0.1, -0.05) is 5.92 Å². The molecule has 1 aliphatic carbocycles. The minimum Gasteiger partial charge on any atom is -0.326 e. The number of aryl methyl sites for hydroxylation is 2. The van der Waals surface area contributed by atoms with Gasteiger partial charge in [0.1, 0.15) is 5.69 Å². The maximum atomic E-state index is 12.3. The van der Waals surface area contributed by atoms with Crippen molar-refractivity contribution in [3.8, 4) is 12.3 Å². The van der Waals surface area contributed by atoms with Gasteiger partial charge >= 0.3 is 0 Å². The van der Waals surface area contributed by atoms with Gasteiger partial charge < -0.3 is 4.90 Å². The smallest absolute Gasteiger partial charge is 0.272 e. The highest BCUT2D eigenvalue weighted by Crippen LogP contribution is 2.30. The zero-order chi connectivity index (χ0) is 12.4. The van der Waals surface area contributed by atoms with Crippen molar-refractivity contribution >= 4 is 5.91 Å². The van der Waals surface area contributed by atoms with Crippen LogP contribution in [-0.4, -0.2) is 33.7 Å². The molecular weight excluding hydrogens is 214 g/mol. The summed E-state index contributed by atoms with van der Waals surface area (Å²) in [6.45, 7) is 3.02. The van der Waals surface area contributed by atoms with Crippen LogP contribution in [0, 0.1) is 25.2 Å². The summed E-state index contributed by atoms with van der Waals surface area (Å²) in [6.07, 6.45) is 7.73. The Bertz CT molecular complexity index is 465. The Kier molecular flexibility index (Phi) is 3.19. The average molecular weight is 231 g/mol. The lowest BCUT2D eigenvalue weighted by Crippen LogP contribution is -2.34. The first-order valence-electron chi connectivity index (χ1n) is 5.85. The number of hydrogen-bond donors (Lipinski definition) is 0. The molecular formula is C13H17N3O. The largest absolute Gasteiger partial charge is 0.326 e. The summed E-state index contributed by atoms with van der Waals surface area (Å²) in [4.78, 5) is 14.0. The standard InChI is InChI=1S/C13H17N3O/c1-4-7-16(9-11-5-6-11)13(17)12-8-10(2)14-15(12)3/h1,8,11H,5-7,9H2,2-3H3. The zero-order valence-corrected chi connectivity index (χ0v) is 10.3. The fourth-order valence-electron chi connectivity index (χ4n) is 1.91. The topological polar surface area (TPSA) is 38.1 Å². The Balaban J connectivity index is 2.14. The fourth-order valence-corrected chi connectivity index (χ4v) is 1.91. The summed E-state index contributed by atoms with van der Waals surface area (Å²) in [5.41, 5.74) is 1.46. The Hall–Kier alpha value is -1.76. The second-order valence-electron chi connectivity index (χ2n) is 4.63. The molecule has 4 heteroatoms. The molecule has 0 N–H and O–H groups in total. The first-order valence-corrected chi connectivity index (χ1v) is 5.85. The van der Waals surface area contributed by atoms with Gasteiger partial charge in [0.05, 0.1) is 12.2 Å². The van der Waals surface area contributed by atoms with E-state index in [4.69, 9.17) is 6.42 Å². The molecule has 1 aromatic rings. The van der Waals surface area contributed by atoms with E-state index >= 15 is 0 Å². The monoisotopic (exact) mass is 231 g/mol. The molecule has 17 heavy (non-hydrogen) atoms. The van der Waals surface area contributed by atoms with Crippen LogP contribution in [0.1, 0.15) is 29.0 Å². The molecule has 90 valence electrons. The summed E-state index contributed by atoms with van der Waals surface area (Å²) in [5.74, 6) is 3.18. The van der Waals surface area contributed by atoms with E-state index in [1.807, 2.05) is 6.92 Å². The van der Waals surface area contributed by atoms with Gasteiger partial charge in [-0.3, -0.25) is 9.48 Å². The van der Waals surface area contributed by atoms with Crippen LogP contribution >= 0.6 is 0 Å². The minimum absolute atomic E-state index is 0.0158. The van der Waals surface area contributed by atoms with Crippen molar-refractivity contribution in [2.24, 2.45) is 13.0 Å². The van der Waals surface area contributed by atoms with E-state index in [1.165, 1.54) is 12.8 Å². The summed E-state index contributed by atoms with van der Waals surface area (Å²) >= 11 is 0. The average Bonchev–Trinajstić information content (AvgIpc) is 3.02. The third-order valence-corrected chi connectivity index (χ3v) is 2.97. The van der Waals surface area contributed by atoms with Crippen LogP contribution in [0.4, 0.5) is 0 Å². The van der Waals surface area contributed by atoms with Crippen molar-refractivity contribution in [3.63, 3.8) is 0 Å². The number of rotatable bonds is 4. The molecule has 1 fully saturated rings. The fraction of sp³-hybridized carbons (Fsp3) is 0.538. The maximum absolute atomic E-state index is 12.3. The highest BCUT2D eigenvalue weighted by atomic mass is 16.2. The molecule has 0 aliphatic heterocycles. The molecule has 4 nitrogen and oxygen atoms in total. The molecule has 0 spiro atoms. The summed E-state index contributed by atoms with van der Waals surface area (Å²) in [5, 5.41) is 4.19. The molecule has 1 saturated carbocycles. The molecule has 0 saturated heterocycles. The predicted octanol–water partition coefficient (Wildman–Crippen LogP) is 1.21. The Morgan fingerprint density at radius 1 is 1.71 bits per heavy atom. The molecule has 0 radical (unpaired) electrons. The van der Waals surface area contributed by atoms with Crippen molar-refractivity contribution in [2.45, 2.75) is 19.8 Å². The van der Waals surface area contributed by atoms with E-state index in [9.17, 15) is 4.79 Å². The molecule has 1 aliphatic rings. The molecule has 1 aromatic heterocycles. The number of carbonyl (C=O) groups is 1.